The van der Waals surface area contributed by atoms with E-state index in [2.05, 4.69) is 24.1 Å². The molecule has 134 valence electrons. The fourth-order valence-electron chi connectivity index (χ4n) is 3.08. The second kappa shape index (κ2) is 10.6. The number of hydrogen-bond acceptors (Lipinski definition) is 3. The van der Waals surface area contributed by atoms with Gasteiger partial charge in [0.15, 0.2) is 0 Å². The van der Waals surface area contributed by atoms with Crippen LogP contribution in [0.2, 0.25) is 0 Å². The summed E-state index contributed by atoms with van der Waals surface area (Å²) in [7, 11) is 0. The normalized spacial score (nSPS) is 17.7. The summed E-state index contributed by atoms with van der Waals surface area (Å²) in [6.07, 6.45) is 4.06. The molecular weight excluding hydrogens is 290 g/mol. The monoisotopic (exact) mass is 325 g/mol. The highest BCUT2D eigenvalue weighted by Crippen LogP contribution is 2.17. The third-order valence-electron chi connectivity index (χ3n) is 4.95. The van der Waals surface area contributed by atoms with Crippen LogP contribution in [0.5, 0.6) is 0 Å². The number of likely N-dealkylation sites (tertiary alicyclic amines) is 1. The zero-order chi connectivity index (χ0) is 17.2. The molecule has 0 bridgehead atoms. The maximum atomic E-state index is 11.9. The Balaban J connectivity index is 2.15. The van der Waals surface area contributed by atoms with E-state index >= 15 is 0 Å². The summed E-state index contributed by atoms with van der Waals surface area (Å²) in [6.45, 7) is 12.9. The summed E-state index contributed by atoms with van der Waals surface area (Å²) < 4.78 is 0. The van der Waals surface area contributed by atoms with Crippen molar-refractivity contribution in [1.82, 2.24) is 15.1 Å². The molecule has 23 heavy (non-hydrogen) atoms. The van der Waals surface area contributed by atoms with Crippen LogP contribution in [0.3, 0.4) is 0 Å². The van der Waals surface area contributed by atoms with Crippen molar-refractivity contribution in [2.45, 2.75) is 65.8 Å². The summed E-state index contributed by atoms with van der Waals surface area (Å²) >= 11 is 0. The first kappa shape index (κ1) is 19.9. The topological polar surface area (TPSA) is 52.7 Å². The van der Waals surface area contributed by atoms with Crippen molar-refractivity contribution in [3.05, 3.63) is 0 Å². The molecule has 1 atom stereocenters. The quantitative estimate of drug-likeness (QED) is 0.707. The van der Waals surface area contributed by atoms with Gasteiger partial charge in [0.05, 0.1) is 0 Å². The number of hydrogen-bond donors (Lipinski definition) is 1. The summed E-state index contributed by atoms with van der Waals surface area (Å²) in [5.41, 5.74) is 0. The average molecular weight is 325 g/mol. The zero-order valence-corrected chi connectivity index (χ0v) is 15.4. The van der Waals surface area contributed by atoms with Crippen molar-refractivity contribution in [1.29, 1.82) is 0 Å². The smallest absolute Gasteiger partial charge is 0.222 e. The number of carbonyl (C=O) groups is 2. The molecule has 1 N–H and O–H groups in total. The number of amides is 2. The molecule has 0 spiro atoms. The molecule has 0 aliphatic carbocycles. The molecule has 1 fully saturated rings. The summed E-state index contributed by atoms with van der Waals surface area (Å²) in [5.74, 6) is 1.05. The van der Waals surface area contributed by atoms with Crippen molar-refractivity contribution in [2.24, 2.45) is 5.92 Å². The Labute approximate surface area is 141 Å². The molecule has 1 unspecified atom stereocenters. The van der Waals surface area contributed by atoms with E-state index in [0.717, 1.165) is 32.1 Å². The number of piperidine rings is 1. The Hall–Kier alpha value is -1.10. The molecule has 5 nitrogen and oxygen atoms in total. The van der Waals surface area contributed by atoms with Crippen molar-refractivity contribution >= 4 is 11.8 Å². The molecule has 0 radical (unpaired) electrons. The van der Waals surface area contributed by atoms with E-state index in [1.54, 1.807) is 0 Å². The average Bonchev–Trinajstić information content (AvgIpc) is 2.54. The van der Waals surface area contributed by atoms with Crippen LogP contribution < -0.4 is 5.32 Å². The summed E-state index contributed by atoms with van der Waals surface area (Å²) in [5, 5.41) is 3.02. The van der Waals surface area contributed by atoms with E-state index in [1.807, 2.05) is 18.7 Å². The molecule has 1 rings (SSSR count). The van der Waals surface area contributed by atoms with Gasteiger partial charge < -0.3 is 10.2 Å². The third kappa shape index (κ3) is 7.34. The fourth-order valence-corrected chi connectivity index (χ4v) is 3.08. The van der Waals surface area contributed by atoms with Crippen LogP contribution in [0.4, 0.5) is 0 Å². The number of carbonyl (C=O) groups excluding carboxylic acids is 2. The van der Waals surface area contributed by atoms with Gasteiger partial charge in [0.1, 0.15) is 0 Å². The van der Waals surface area contributed by atoms with Gasteiger partial charge in [-0.3, -0.25) is 14.5 Å². The van der Waals surface area contributed by atoms with E-state index < -0.39 is 0 Å². The molecule has 1 aliphatic rings. The first-order valence-electron chi connectivity index (χ1n) is 9.26. The van der Waals surface area contributed by atoms with E-state index in [-0.39, 0.29) is 11.8 Å². The maximum absolute atomic E-state index is 11.9. The summed E-state index contributed by atoms with van der Waals surface area (Å²) in [6, 6.07) is 0.392. The largest absolute Gasteiger partial charge is 0.355 e. The van der Waals surface area contributed by atoms with Crippen LogP contribution in [-0.2, 0) is 9.59 Å². The van der Waals surface area contributed by atoms with Gasteiger partial charge >= 0.3 is 0 Å². The van der Waals surface area contributed by atoms with Crippen molar-refractivity contribution < 1.29 is 9.59 Å². The van der Waals surface area contributed by atoms with Crippen LogP contribution in [0, 0.1) is 5.92 Å². The predicted octanol–water partition coefficient (Wildman–Crippen LogP) is 2.26. The SMILES string of the molecule is CCN(CC)C(=O)CCCC(=O)NCC(C)N1CCC(C)CC1. The molecule has 5 heteroatoms. The molecule has 0 aromatic rings. The molecule has 1 saturated heterocycles. The van der Waals surface area contributed by atoms with Gasteiger partial charge in [-0.25, -0.2) is 0 Å². The van der Waals surface area contributed by atoms with Gasteiger partial charge in [-0.05, 0) is 59.0 Å². The predicted molar refractivity (Wildman–Crippen MR) is 94.2 cm³/mol. The van der Waals surface area contributed by atoms with Crippen molar-refractivity contribution in [3.63, 3.8) is 0 Å². The second-order valence-corrected chi connectivity index (χ2v) is 6.79. The second-order valence-electron chi connectivity index (χ2n) is 6.79. The Morgan fingerprint density at radius 3 is 2.35 bits per heavy atom. The first-order chi connectivity index (χ1) is 11.0. The number of nitrogens with zero attached hydrogens (tertiary/aromatic N) is 2. The van der Waals surface area contributed by atoms with Crippen LogP contribution in [0.15, 0.2) is 0 Å². The molecular formula is C18H35N3O2. The van der Waals surface area contributed by atoms with Crippen molar-refractivity contribution in [3.8, 4) is 0 Å². The molecule has 1 heterocycles. The number of nitrogens with one attached hydrogen (secondary N) is 1. The van der Waals surface area contributed by atoms with Gasteiger partial charge in [0, 0.05) is 38.5 Å². The highest BCUT2D eigenvalue weighted by Gasteiger charge is 2.20. The van der Waals surface area contributed by atoms with Gasteiger partial charge in [-0.1, -0.05) is 6.92 Å². The van der Waals surface area contributed by atoms with Crippen molar-refractivity contribution in [2.75, 3.05) is 32.7 Å². The lowest BCUT2D eigenvalue weighted by Crippen LogP contribution is -2.45. The number of rotatable bonds is 9. The lowest BCUT2D eigenvalue weighted by Gasteiger charge is -2.35. The van der Waals surface area contributed by atoms with E-state index in [0.29, 0.717) is 31.8 Å². The van der Waals surface area contributed by atoms with E-state index in [9.17, 15) is 9.59 Å². The van der Waals surface area contributed by atoms with Gasteiger partial charge in [-0.15, -0.1) is 0 Å². The maximum Gasteiger partial charge on any atom is 0.222 e. The zero-order valence-electron chi connectivity index (χ0n) is 15.4. The molecule has 0 aromatic carbocycles. The third-order valence-corrected chi connectivity index (χ3v) is 4.95. The lowest BCUT2D eigenvalue weighted by molar-refractivity contribution is -0.131. The minimum atomic E-state index is 0.0644. The molecule has 0 aromatic heterocycles. The fraction of sp³-hybridized carbons (Fsp3) is 0.889. The first-order valence-corrected chi connectivity index (χ1v) is 9.26. The Kier molecular flexibility index (Phi) is 9.22. The van der Waals surface area contributed by atoms with E-state index in [1.165, 1.54) is 12.8 Å². The van der Waals surface area contributed by atoms with Crippen LogP contribution in [0.1, 0.15) is 59.8 Å². The Morgan fingerprint density at radius 2 is 1.78 bits per heavy atom. The van der Waals surface area contributed by atoms with Gasteiger partial charge in [0.2, 0.25) is 11.8 Å². The van der Waals surface area contributed by atoms with E-state index in [4.69, 9.17) is 0 Å². The lowest BCUT2D eigenvalue weighted by atomic mass is 9.98. The molecule has 1 aliphatic heterocycles. The van der Waals surface area contributed by atoms with Gasteiger partial charge in [0.25, 0.3) is 0 Å². The van der Waals surface area contributed by atoms with Gasteiger partial charge in [-0.2, -0.15) is 0 Å². The van der Waals surface area contributed by atoms with Crippen LogP contribution >= 0.6 is 0 Å². The summed E-state index contributed by atoms with van der Waals surface area (Å²) in [4.78, 5) is 28.1. The minimum Gasteiger partial charge on any atom is -0.355 e. The van der Waals surface area contributed by atoms with Crippen LogP contribution in [0.25, 0.3) is 0 Å². The molecule has 0 saturated carbocycles. The molecule has 2 amide bonds. The highest BCUT2D eigenvalue weighted by atomic mass is 16.2. The Bertz CT molecular complexity index is 361. The minimum absolute atomic E-state index is 0.0644. The highest BCUT2D eigenvalue weighted by molar-refractivity contribution is 5.78. The standard InChI is InChI=1S/C18H35N3O2/c1-5-20(6-2)18(23)9-7-8-17(22)19-14-16(4)21-12-10-15(3)11-13-21/h15-16H,5-14H2,1-4H3,(H,19,22). The Morgan fingerprint density at radius 1 is 1.17 bits per heavy atom. The van der Waals surface area contributed by atoms with Crippen LogP contribution in [-0.4, -0.2) is 60.4 Å².